The lowest BCUT2D eigenvalue weighted by atomic mass is 9.98. The average Bonchev–Trinajstić information content (AvgIpc) is 2.47. The molecule has 114 valence electrons. The maximum atomic E-state index is 12.5. The molecular weight excluding hydrogens is 250 g/mol. The van der Waals surface area contributed by atoms with E-state index in [-0.39, 0.29) is 11.9 Å². The van der Waals surface area contributed by atoms with E-state index in [4.69, 9.17) is 0 Å². The number of piperidine rings is 1. The molecule has 0 radical (unpaired) electrons. The van der Waals surface area contributed by atoms with Crippen molar-refractivity contribution in [2.45, 2.75) is 45.6 Å². The smallest absolute Gasteiger partial charge is 0.237 e. The van der Waals surface area contributed by atoms with Gasteiger partial charge in [-0.2, -0.15) is 0 Å². The van der Waals surface area contributed by atoms with Gasteiger partial charge in [-0.05, 0) is 44.8 Å². The van der Waals surface area contributed by atoms with Gasteiger partial charge in [0.2, 0.25) is 5.91 Å². The molecule has 1 fully saturated rings. The lowest BCUT2D eigenvalue weighted by Crippen LogP contribution is -2.51. The van der Waals surface area contributed by atoms with E-state index in [9.17, 15) is 4.79 Å². The predicted molar refractivity (Wildman–Crippen MR) is 82.6 cm³/mol. The van der Waals surface area contributed by atoms with E-state index in [1.54, 1.807) is 0 Å². The van der Waals surface area contributed by atoms with Gasteiger partial charge in [-0.25, -0.2) is 0 Å². The summed E-state index contributed by atoms with van der Waals surface area (Å²) in [6.07, 6.45) is 7.02. The van der Waals surface area contributed by atoms with Crippen LogP contribution in [0, 0.1) is 5.92 Å². The molecule has 2 N–H and O–H groups in total. The fraction of sp³-hybridized carbons (Fsp3) is 0.812. The Morgan fingerprint density at radius 2 is 2.10 bits per heavy atom. The van der Waals surface area contributed by atoms with Crippen molar-refractivity contribution in [1.29, 1.82) is 0 Å². The number of rotatable bonds is 5. The van der Waals surface area contributed by atoms with Gasteiger partial charge in [-0.3, -0.25) is 9.69 Å². The summed E-state index contributed by atoms with van der Waals surface area (Å²) in [5.74, 6) is 0.580. The number of nitrogens with one attached hydrogen (secondary N) is 2. The quantitative estimate of drug-likeness (QED) is 0.750. The Bertz CT molecular complexity index is 346. The zero-order chi connectivity index (χ0) is 14.4. The Labute approximate surface area is 123 Å². The average molecular weight is 279 g/mol. The number of amides is 1. The summed E-state index contributed by atoms with van der Waals surface area (Å²) in [4.78, 5) is 14.9. The Morgan fingerprint density at radius 1 is 1.35 bits per heavy atom. The Hall–Kier alpha value is -0.870. The molecule has 0 aromatic heterocycles. The van der Waals surface area contributed by atoms with Gasteiger partial charge >= 0.3 is 0 Å². The highest BCUT2D eigenvalue weighted by Crippen LogP contribution is 2.18. The Kier molecular flexibility index (Phi) is 6.05. The molecule has 4 nitrogen and oxygen atoms in total. The highest BCUT2D eigenvalue weighted by molar-refractivity contribution is 5.82. The van der Waals surface area contributed by atoms with E-state index in [0.29, 0.717) is 5.92 Å². The van der Waals surface area contributed by atoms with E-state index in [0.717, 1.165) is 39.1 Å². The molecule has 0 bridgehead atoms. The third-order valence-corrected chi connectivity index (χ3v) is 4.33. The van der Waals surface area contributed by atoms with Gasteiger partial charge in [0.25, 0.3) is 0 Å². The largest absolute Gasteiger partial charge is 0.351 e. The topological polar surface area (TPSA) is 44.4 Å². The summed E-state index contributed by atoms with van der Waals surface area (Å²) in [6, 6.07) is 0.0395. The first-order valence-electron chi connectivity index (χ1n) is 8.09. The second-order valence-corrected chi connectivity index (χ2v) is 6.32. The van der Waals surface area contributed by atoms with Crippen LogP contribution in [-0.4, -0.2) is 49.6 Å². The molecule has 2 aliphatic rings. The predicted octanol–water partition coefficient (Wildman–Crippen LogP) is 1.53. The zero-order valence-electron chi connectivity index (χ0n) is 13.0. The van der Waals surface area contributed by atoms with E-state index < -0.39 is 0 Å². The van der Waals surface area contributed by atoms with E-state index >= 15 is 0 Å². The summed E-state index contributed by atoms with van der Waals surface area (Å²) < 4.78 is 0. The van der Waals surface area contributed by atoms with Crippen LogP contribution in [0.5, 0.6) is 0 Å². The minimum atomic E-state index is 0.0395. The first kappa shape index (κ1) is 15.5. The second kappa shape index (κ2) is 7.79. The van der Waals surface area contributed by atoms with Gasteiger partial charge < -0.3 is 10.6 Å². The number of carbonyl (C=O) groups excluding carboxylic acids is 1. The molecule has 1 saturated heterocycles. The van der Waals surface area contributed by atoms with Gasteiger partial charge in [0.1, 0.15) is 0 Å². The molecule has 1 amide bonds. The highest BCUT2D eigenvalue weighted by Gasteiger charge is 2.29. The molecule has 0 aromatic rings. The maximum absolute atomic E-state index is 12.5. The molecule has 2 rings (SSSR count). The molecule has 0 aromatic carbocycles. The summed E-state index contributed by atoms with van der Waals surface area (Å²) >= 11 is 0. The van der Waals surface area contributed by atoms with Crippen molar-refractivity contribution in [2.24, 2.45) is 5.92 Å². The van der Waals surface area contributed by atoms with Crippen LogP contribution >= 0.6 is 0 Å². The summed E-state index contributed by atoms with van der Waals surface area (Å²) in [5.41, 5.74) is 1.36. The molecule has 0 aliphatic carbocycles. The zero-order valence-corrected chi connectivity index (χ0v) is 13.0. The van der Waals surface area contributed by atoms with E-state index in [1.807, 2.05) is 0 Å². The molecule has 0 saturated carbocycles. The molecule has 4 heteroatoms. The van der Waals surface area contributed by atoms with Crippen molar-refractivity contribution < 1.29 is 4.79 Å². The van der Waals surface area contributed by atoms with Crippen LogP contribution in [0.2, 0.25) is 0 Å². The van der Waals surface area contributed by atoms with Crippen LogP contribution in [0.1, 0.15) is 39.5 Å². The minimum absolute atomic E-state index is 0.0395. The minimum Gasteiger partial charge on any atom is -0.351 e. The first-order chi connectivity index (χ1) is 9.68. The van der Waals surface area contributed by atoms with Gasteiger partial charge in [-0.15, -0.1) is 0 Å². The van der Waals surface area contributed by atoms with Crippen LogP contribution in [0.4, 0.5) is 0 Å². The second-order valence-electron chi connectivity index (χ2n) is 6.32. The normalized spacial score (nSPS) is 22.4. The Balaban J connectivity index is 1.87. The number of nitrogens with zero attached hydrogens (tertiary/aromatic N) is 1. The molecule has 20 heavy (non-hydrogen) atoms. The lowest BCUT2D eigenvalue weighted by molar-refractivity contribution is -0.128. The number of hydrogen-bond acceptors (Lipinski definition) is 3. The third-order valence-electron chi connectivity index (χ3n) is 4.33. The standard InChI is InChI=1S/C16H29N3O/c1-13(2)15(19-10-4-3-5-11-19)16(20)18-12-14-6-8-17-9-7-14/h6,13,15,17H,3-5,7-12H2,1-2H3,(H,18,20). The van der Waals surface area contributed by atoms with Crippen molar-refractivity contribution in [2.75, 3.05) is 32.7 Å². The number of carbonyl (C=O) groups is 1. The SMILES string of the molecule is CC(C)C(C(=O)NCC1=CCNCC1)N1CCCCC1. The molecule has 1 atom stereocenters. The van der Waals surface area contributed by atoms with Crippen LogP contribution in [0.25, 0.3) is 0 Å². The van der Waals surface area contributed by atoms with Crippen LogP contribution in [0.3, 0.4) is 0 Å². The first-order valence-corrected chi connectivity index (χ1v) is 8.09. The third kappa shape index (κ3) is 4.32. The maximum Gasteiger partial charge on any atom is 0.237 e. The van der Waals surface area contributed by atoms with Gasteiger partial charge in [-0.1, -0.05) is 31.9 Å². The van der Waals surface area contributed by atoms with Crippen molar-refractivity contribution >= 4 is 5.91 Å². The van der Waals surface area contributed by atoms with Crippen molar-refractivity contribution in [3.8, 4) is 0 Å². The summed E-state index contributed by atoms with van der Waals surface area (Å²) in [6.45, 7) is 9.14. The fourth-order valence-electron chi connectivity index (χ4n) is 3.22. The monoisotopic (exact) mass is 279 g/mol. The molecular formula is C16H29N3O. The van der Waals surface area contributed by atoms with Gasteiger partial charge in [0.15, 0.2) is 0 Å². The molecule has 2 aliphatic heterocycles. The van der Waals surface area contributed by atoms with E-state index in [2.05, 4.69) is 35.5 Å². The molecule has 0 spiro atoms. The van der Waals surface area contributed by atoms with Crippen molar-refractivity contribution in [3.05, 3.63) is 11.6 Å². The Morgan fingerprint density at radius 3 is 2.70 bits per heavy atom. The highest BCUT2D eigenvalue weighted by atomic mass is 16.2. The summed E-state index contributed by atoms with van der Waals surface area (Å²) in [5, 5.41) is 6.45. The molecule has 1 unspecified atom stereocenters. The lowest BCUT2D eigenvalue weighted by Gasteiger charge is -2.36. The number of hydrogen-bond donors (Lipinski definition) is 2. The van der Waals surface area contributed by atoms with Crippen LogP contribution in [0.15, 0.2) is 11.6 Å². The van der Waals surface area contributed by atoms with Crippen molar-refractivity contribution in [3.63, 3.8) is 0 Å². The van der Waals surface area contributed by atoms with Gasteiger partial charge in [0.05, 0.1) is 6.04 Å². The van der Waals surface area contributed by atoms with Crippen molar-refractivity contribution in [1.82, 2.24) is 15.5 Å². The van der Waals surface area contributed by atoms with Crippen LogP contribution < -0.4 is 10.6 Å². The summed E-state index contributed by atoms with van der Waals surface area (Å²) in [7, 11) is 0. The van der Waals surface area contributed by atoms with Crippen LogP contribution in [-0.2, 0) is 4.79 Å². The van der Waals surface area contributed by atoms with E-state index in [1.165, 1.54) is 24.8 Å². The molecule has 2 heterocycles. The number of likely N-dealkylation sites (tertiary alicyclic amines) is 1. The van der Waals surface area contributed by atoms with Gasteiger partial charge in [0, 0.05) is 13.1 Å². The fourth-order valence-corrected chi connectivity index (χ4v) is 3.22.